The van der Waals surface area contributed by atoms with Gasteiger partial charge in [-0.3, -0.25) is 4.79 Å². The topological polar surface area (TPSA) is 26.3 Å². The summed E-state index contributed by atoms with van der Waals surface area (Å²) < 4.78 is 7.15. The first kappa shape index (κ1) is 33.4. The van der Waals surface area contributed by atoms with Gasteiger partial charge in [-0.05, 0) is 112 Å². The first-order valence-corrected chi connectivity index (χ1v) is 20.0. The molecule has 0 aliphatic heterocycles. The summed E-state index contributed by atoms with van der Waals surface area (Å²) in [5.41, 5.74) is 6.48. The second-order valence-corrected chi connectivity index (χ2v) is 16.1. The fourth-order valence-corrected chi connectivity index (χ4v) is 11.3. The Morgan fingerprint density at radius 3 is 1.24 bits per heavy atom. The van der Waals surface area contributed by atoms with Gasteiger partial charge < -0.3 is 4.18 Å². The normalized spacial score (nSPS) is 11.9. The highest BCUT2D eigenvalue weighted by molar-refractivity contribution is 8.30. The van der Waals surface area contributed by atoms with Crippen LogP contribution in [0.25, 0.3) is 65.7 Å². The van der Waals surface area contributed by atoms with E-state index in [9.17, 15) is 4.79 Å². The third kappa shape index (κ3) is 5.74. The molecule has 9 rings (SSSR count). The van der Waals surface area contributed by atoms with Gasteiger partial charge in [-0.2, -0.15) is 0 Å². The molecule has 0 bridgehead atoms. The van der Waals surface area contributed by atoms with Crippen molar-refractivity contribution in [2.75, 3.05) is 0 Å². The van der Waals surface area contributed by atoms with Crippen molar-refractivity contribution in [1.29, 1.82) is 0 Å². The highest BCUT2D eigenvalue weighted by Crippen LogP contribution is 2.73. The molecule has 0 heterocycles. The van der Waals surface area contributed by atoms with Crippen LogP contribution in [-0.2, 0) is 8.98 Å². The number of hydrogen-bond donors (Lipinski definition) is 0. The maximum Gasteiger partial charge on any atom is 0.316 e. The van der Waals surface area contributed by atoms with E-state index in [2.05, 4.69) is 188 Å². The van der Waals surface area contributed by atoms with Gasteiger partial charge in [0, 0.05) is 21.1 Å². The zero-order valence-electron chi connectivity index (χ0n) is 30.0. The van der Waals surface area contributed by atoms with Crippen LogP contribution in [0, 0.1) is 0 Å². The van der Waals surface area contributed by atoms with E-state index in [4.69, 9.17) is 4.18 Å². The molecule has 0 N–H and O–H groups in total. The van der Waals surface area contributed by atoms with Crippen LogP contribution in [0.5, 0.6) is 0 Å². The number of benzene rings is 9. The molecule has 0 aliphatic rings. The van der Waals surface area contributed by atoms with E-state index in [1.807, 2.05) is 19.1 Å². The van der Waals surface area contributed by atoms with Gasteiger partial charge in [0.25, 0.3) is 0 Å². The molecular formula is C51H38O2S. The smallest absolute Gasteiger partial charge is 0.316 e. The molecular weight excluding hydrogens is 677 g/mol. The Labute approximate surface area is 317 Å². The lowest BCUT2D eigenvalue weighted by Crippen LogP contribution is -2.15. The van der Waals surface area contributed by atoms with E-state index in [0.29, 0.717) is 0 Å². The van der Waals surface area contributed by atoms with Crippen LogP contribution in [0.2, 0.25) is 0 Å². The Morgan fingerprint density at radius 1 is 0.426 bits per heavy atom. The Balaban J connectivity index is 1.55. The van der Waals surface area contributed by atoms with Crippen molar-refractivity contribution in [3.63, 3.8) is 0 Å². The maximum absolute atomic E-state index is 14.1. The fourth-order valence-electron chi connectivity index (χ4n) is 7.82. The molecule has 0 amide bonds. The summed E-state index contributed by atoms with van der Waals surface area (Å²) in [7, 11) is -2.73. The first-order valence-electron chi connectivity index (χ1n) is 18.4. The van der Waals surface area contributed by atoms with E-state index < -0.39 is 10.3 Å². The van der Waals surface area contributed by atoms with Gasteiger partial charge in [0.2, 0.25) is 0 Å². The Bertz CT molecular complexity index is 2650. The molecule has 9 aromatic carbocycles. The molecule has 3 heteroatoms. The highest BCUT2D eigenvalue weighted by atomic mass is 32.3. The summed E-state index contributed by atoms with van der Waals surface area (Å²) in [5.74, 6) is -0.247. The van der Waals surface area contributed by atoms with Crippen molar-refractivity contribution in [3.05, 3.63) is 200 Å². The van der Waals surface area contributed by atoms with Gasteiger partial charge in [-0.1, -0.05) is 171 Å². The Morgan fingerprint density at radius 2 is 0.796 bits per heavy atom. The van der Waals surface area contributed by atoms with Crippen molar-refractivity contribution in [1.82, 2.24) is 0 Å². The van der Waals surface area contributed by atoms with Crippen molar-refractivity contribution in [2.45, 2.75) is 28.0 Å². The molecule has 9 aromatic rings. The van der Waals surface area contributed by atoms with Crippen LogP contribution in [0.4, 0.5) is 0 Å². The minimum absolute atomic E-state index is 0.246. The molecule has 260 valence electrons. The van der Waals surface area contributed by atoms with E-state index in [0.717, 1.165) is 69.6 Å². The molecule has 0 saturated carbocycles. The highest BCUT2D eigenvalue weighted by Gasteiger charge is 2.40. The third-order valence-corrected chi connectivity index (χ3v) is 13.6. The molecule has 0 aromatic heterocycles. The molecule has 0 spiro atoms. The van der Waals surface area contributed by atoms with E-state index in [1.165, 1.54) is 10.8 Å². The second-order valence-electron chi connectivity index (χ2n) is 13.5. The van der Waals surface area contributed by atoms with Crippen molar-refractivity contribution < 1.29 is 8.98 Å². The SMILES string of the molecule is CCC(=O)OS(c1ccccc1)(c1ccccc1)c1c(-c2cccc3ccccc23)cc(-c2cccc3ccccc23)cc1-c1cccc2ccccc12. The van der Waals surface area contributed by atoms with Crippen LogP contribution < -0.4 is 0 Å². The maximum atomic E-state index is 14.1. The largest absolute Gasteiger partial charge is 0.402 e. The minimum Gasteiger partial charge on any atom is -0.402 e. The summed E-state index contributed by atoms with van der Waals surface area (Å²) in [4.78, 5) is 17.0. The van der Waals surface area contributed by atoms with Crippen molar-refractivity contribution in [3.8, 4) is 33.4 Å². The second kappa shape index (κ2) is 14.2. The van der Waals surface area contributed by atoms with Crippen LogP contribution in [0.15, 0.2) is 215 Å². The van der Waals surface area contributed by atoms with Gasteiger partial charge in [0.05, 0.1) is 0 Å². The first-order chi connectivity index (χ1) is 26.7. The minimum atomic E-state index is -2.73. The molecule has 0 atom stereocenters. The average molecular weight is 715 g/mol. The van der Waals surface area contributed by atoms with Gasteiger partial charge >= 0.3 is 5.97 Å². The molecule has 0 aliphatic carbocycles. The zero-order valence-corrected chi connectivity index (χ0v) is 30.8. The van der Waals surface area contributed by atoms with Crippen LogP contribution in [0.3, 0.4) is 0 Å². The molecule has 0 fully saturated rings. The van der Waals surface area contributed by atoms with E-state index in [1.54, 1.807) is 0 Å². The van der Waals surface area contributed by atoms with Crippen LogP contribution in [-0.4, -0.2) is 5.97 Å². The monoisotopic (exact) mass is 714 g/mol. The van der Waals surface area contributed by atoms with E-state index >= 15 is 0 Å². The fraction of sp³-hybridized carbons (Fsp3) is 0.0392. The Hall–Kier alpha value is -6.42. The van der Waals surface area contributed by atoms with Crippen molar-refractivity contribution in [2.24, 2.45) is 0 Å². The summed E-state index contributed by atoms with van der Waals surface area (Å²) >= 11 is 0. The number of fused-ring (bicyclic) bond motifs is 3. The van der Waals surface area contributed by atoms with Gasteiger partial charge in [-0.25, -0.2) is 0 Å². The molecule has 0 radical (unpaired) electrons. The third-order valence-electron chi connectivity index (χ3n) is 10.3. The summed E-state index contributed by atoms with van der Waals surface area (Å²) in [6.07, 6.45) is 0.246. The predicted molar refractivity (Wildman–Crippen MR) is 227 cm³/mol. The predicted octanol–water partition coefficient (Wildman–Crippen LogP) is 14.3. The zero-order chi connectivity index (χ0) is 36.5. The lowest BCUT2D eigenvalue weighted by atomic mass is 9.88. The number of hydrogen-bond acceptors (Lipinski definition) is 2. The van der Waals surface area contributed by atoms with Gasteiger partial charge in [0.15, 0.2) is 0 Å². The summed E-state index contributed by atoms with van der Waals surface area (Å²) in [5, 5.41) is 6.93. The molecule has 0 unspecified atom stereocenters. The van der Waals surface area contributed by atoms with Crippen molar-refractivity contribution >= 4 is 48.6 Å². The Kier molecular flexibility index (Phi) is 8.78. The van der Waals surface area contributed by atoms with Crippen LogP contribution in [0.1, 0.15) is 13.3 Å². The number of carbonyl (C=O) groups excluding carboxylic acids is 1. The lowest BCUT2D eigenvalue weighted by Gasteiger charge is -2.42. The summed E-state index contributed by atoms with van der Waals surface area (Å²) in [6.45, 7) is 1.88. The number of carbonyl (C=O) groups is 1. The average Bonchev–Trinajstić information content (AvgIpc) is 3.25. The van der Waals surface area contributed by atoms with Gasteiger partial charge in [0.1, 0.15) is 0 Å². The standard InChI is InChI=1S/C51H38O2S/c1-2-50(52)53-54(40-24-5-3-6-25-40,41-26-7-4-8-27-41)51-48(46-32-16-22-37-19-10-13-29-43(37)46)34-39(45-31-15-21-36-18-9-12-28-42(36)45)35-49(51)47-33-17-23-38-20-11-14-30-44(38)47/h3-35H,2H2,1H3. The lowest BCUT2D eigenvalue weighted by molar-refractivity contribution is -0.133. The quantitative estimate of drug-likeness (QED) is 0.157. The molecule has 2 nitrogen and oxygen atoms in total. The molecule has 0 saturated heterocycles. The van der Waals surface area contributed by atoms with Crippen LogP contribution >= 0.6 is 10.3 Å². The number of rotatable bonds is 8. The van der Waals surface area contributed by atoms with Gasteiger partial charge in [-0.15, -0.1) is 0 Å². The van der Waals surface area contributed by atoms with E-state index in [-0.39, 0.29) is 12.4 Å². The molecule has 54 heavy (non-hydrogen) atoms. The summed E-state index contributed by atoms with van der Waals surface area (Å²) in [6, 6.07) is 70.9.